The Morgan fingerprint density at radius 2 is 2.07 bits per heavy atom. The largest absolute Gasteiger partial charge is 0.241 e. The van der Waals surface area contributed by atoms with E-state index in [1.165, 1.54) is 15.8 Å². The van der Waals surface area contributed by atoms with E-state index in [4.69, 9.17) is 0 Å². The second-order valence-corrected chi connectivity index (χ2v) is 4.59. The van der Waals surface area contributed by atoms with Crippen molar-refractivity contribution in [3.8, 4) is 0 Å². The van der Waals surface area contributed by atoms with Gasteiger partial charge in [0, 0.05) is 0 Å². The Morgan fingerprint density at radius 1 is 1.29 bits per heavy atom. The van der Waals surface area contributed by atoms with Crippen LogP contribution in [0.4, 0.5) is 0 Å². The molecule has 2 heteroatoms. The van der Waals surface area contributed by atoms with Crippen molar-refractivity contribution < 1.29 is 0 Å². The second-order valence-electron chi connectivity index (χ2n) is 3.36. The summed E-state index contributed by atoms with van der Waals surface area (Å²) in [5, 5.41) is 1.14. The third kappa shape index (κ3) is 1.46. The molecule has 0 N–H and O–H groups in total. The molecule has 0 aliphatic carbocycles. The van der Waals surface area contributed by atoms with Crippen LogP contribution in [-0.4, -0.2) is 4.98 Å². The SMILES string of the molecule is CC=Cc1ccc2sc(C)nc2c1C. The molecule has 0 bridgehead atoms. The summed E-state index contributed by atoms with van der Waals surface area (Å²) in [7, 11) is 0. The molecule has 14 heavy (non-hydrogen) atoms. The number of aryl methyl sites for hydroxylation is 2. The third-order valence-electron chi connectivity index (χ3n) is 2.31. The van der Waals surface area contributed by atoms with Crippen LogP contribution in [0.3, 0.4) is 0 Å². The van der Waals surface area contributed by atoms with Crippen molar-refractivity contribution in [3.63, 3.8) is 0 Å². The molecule has 1 nitrogen and oxygen atoms in total. The number of allylic oxidation sites excluding steroid dienone is 1. The van der Waals surface area contributed by atoms with Gasteiger partial charge in [0.15, 0.2) is 0 Å². The number of rotatable bonds is 1. The molecular formula is C12H13NS. The molecule has 0 amide bonds. The van der Waals surface area contributed by atoms with E-state index < -0.39 is 0 Å². The molecular weight excluding hydrogens is 190 g/mol. The van der Waals surface area contributed by atoms with Gasteiger partial charge in [0.05, 0.1) is 15.2 Å². The van der Waals surface area contributed by atoms with Gasteiger partial charge in [-0.05, 0) is 38.0 Å². The fraction of sp³-hybridized carbons (Fsp3) is 0.250. The molecule has 0 spiro atoms. The molecule has 2 aromatic rings. The van der Waals surface area contributed by atoms with Crippen molar-refractivity contribution in [2.75, 3.05) is 0 Å². The van der Waals surface area contributed by atoms with Crippen LogP contribution in [0.1, 0.15) is 23.1 Å². The van der Waals surface area contributed by atoms with Crippen LogP contribution in [0.15, 0.2) is 18.2 Å². The van der Waals surface area contributed by atoms with E-state index >= 15 is 0 Å². The highest BCUT2D eigenvalue weighted by Gasteiger charge is 2.05. The van der Waals surface area contributed by atoms with Crippen molar-refractivity contribution in [2.24, 2.45) is 0 Å². The Kier molecular flexibility index (Phi) is 2.38. The number of thiazole rings is 1. The van der Waals surface area contributed by atoms with E-state index in [-0.39, 0.29) is 0 Å². The molecule has 1 aromatic carbocycles. The summed E-state index contributed by atoms with van der Waals surface area (Å²) in [5.74, 6) is 0. The summed E-state index contributed by atoms with van der Waals surface area (Å²) >= 11 is 1.76. The Bertz CT molecular complexity index is 494. The van der Waals surface area contributed by atoms with Crippen LogP contribution in [0.2, 0.25) is 0 Å². The number of aromatic nitrogens is 1. The molecule has 0 saturated heterocycles. The average molecular weight is 203 g/mol. The Labute approximate surface area is 88.1 Å². The van der Waals surface area contributed by atoms with Gasteiger partial charge in [0.25, 0.3) is 0 Å². The van der Waals surface area contributed by atoms with Gasteiger partial charge in [-0.1, -0.05) is 18.2 Å². The minimum atomic E-state index is 1.14. The van der Waals surface area contributed by atoms with Gasteiger partial charge in [0.2, 0.25) is 0 Å². The van der Waals surface area contributed by atoms with Crippen molar-refractivity contribution in [1.82, 2.24) is 4.98 Å². The monoisotopic (exact) mass is 203 g/mol. The van der Waals surface area contributed by atoms with Gasteiger partial charge in [-0.3, -0.25) is 0 Å². The molecule has 2 rings (SSSR count). The highest BCUT2D eigenvalue weighted by molar-refractivity contribution is 7.18. The fourth-order valence-electron chi connectivity index (χ4n) is 1.61. The molecule has 1 aromatic heterocycles. The maximum Gasteiger partial charge on any atom is 0.0907 e. The van der Waals surface area contributed by atoms with Crippen molar-refractivity contribution in [2.45, 2.75) is 20.8 Å². The van der Waals surface area contributed by atoms with E-state index in [2.05, 4.69) is 43.1 Å². The summed E-state index contributed by atoms with van der Waals surface area (Å²) in [6.45, 7) is 6.23. The molecule has 0 aliphatic rings. The van der Waals surface area contributed by atoms with Crippen molar-refractivity contribution in [3.05, 3.63) is 34.3 Å². The van der Waals surface area contributed by atoms with Crippen LogP contribution in [0.5, 0.6) is 0 Å². The smallest absolute Gasteiger partial charge is 0.0907 e. The molecule has 0 atom stereocenters. The van der Waals surface area contributed by atoms with Crippen molar-refractivity contribution >= 4 is 27.6 Å². The van der Waals surface area contributed by atoms with Gasteiger partial charge in [-0.15, -0.1) is 11.3 Å². The van der Waals surface area contributed by atoms with Crippen molar-refractivity contribution in [1.29, 1.82) is 0 Å². The summed E-state index contributed by atoms with van der Waals surface area (Å²) in [6.07, 6.45) is 4.19. The molecule has 0 unspecified atom stereocenters. The summed E-state index contributed by atoms with van der Waals surface area (Å²) in [5.41, 5.74) is 3.71. The van der Waals surface area contributed by atoms with Gasteiger partial charge < -0.3 is 0 Å². The number of hydrogen-bond donors (Lipinski definition) is 0. The minimum Gasteiger partial charge on any atom is -0.241 e. The Hall–Kier alpha value is -1.15. The predicted octanol–water partition coefficient (Wildman–Crippen LogP) is 3.95. The van der Waals surface area contributed by atoms with Gasteiger partial charge in [-0.25, -0.2) is 4.98 Å². The van der Waals surface area contributed by atoms with Crippen LogP contribution in [0, 0.1) is 13.8 Å². The fourth-order valence-corrected chi connectivity index (χ4v) is 2.50. The van der Waals surface area contributed by atoms with Crippen LogP contribution in [0.25, 0.3) is 16.3 Å². The summed E-state index contributed by atoms with van der Waals surface area (Å²) < 4.78 is 1.29. The van der Waals surface area contributed by atoms with E-state index in [1.54, 1.807) is 11.3 Å². The van der Waals surface area contributed by atoms with E-state index in [1.807, 2.05) is 6.92 Å². The normalized spacial score (nSPS) is 11.6. The lowest BCUT2D eigenvalue weighted by molar-refractivity contribution is 1.32. The molecule has 0 aliphatic heterocycles. The molecule has 72 valence electrons. The number of benzene rings is 1. The summed E-state index contributed by atoms with van der Waals surface area (Å²) in [4.78, 5) is 4.54. The standard InChI is InChI=1S/C12H13NS/c1-4-5-10-6-7-11-12(8(10)2)13-9(3)14-11/h4-7H,1-3H3. The number of nitrogens with zero attached hydrogens (tertiary/aromatic N) is 1. The van der Waals surface area contributed by atoms with E-state index in [0.717, 1.165) is 10.5 Å². The second kappa shape index (κ2) is 3.54. The first-order valence-electron chi connectivity index (χ1n) is 4.72. The highest BCUT2D eigenvalue weighted by atomic mass is 32.1. The lowest BCUT2D eigenvalue weighted by Gasteiger charge is -1.99. The maximum atomic E-state index is 4.54. The quantitative estimate of drug-likeness (QED) is 0.684. The zero-order valence-electron chi connectivity index (χ0n) is 8.66. The third-order valence-corrected chi connectivity index (χ3v) is 3.25. The zero-order chi connectivity index (χ0) is 10.1. The first-order chi connectivity index (χ1) is 6.72. The van der Waals surface area contributed by atoms with Gasteiger partial charge >= 0.3 is 0 Å². The Morgan fingerprint density at radius 3 is 2.79 bits per heavy atom. The summed E-state index contributed by atoms with van der Waals surface area (Å²) in [6, 6.07) is 4.32. The first kappa shape index (κ1) is 9.41. The minimum absolute atomic E-state index is 1.14. The highest BCUT2D eigenvalue weighted by Crippen LogP contribution is 2.26. The topological polar surface area (TPSA) is 12.9 Å². The lowest BCUT2D eigenvalue weighted by atomic mass is 10.1. The first-order valence-corrected chi connectivity index (χ1v) is 5.53. The predicted molar refractivity (Wildman–Crippen MR) is 63.8 cm³/mol. The van der Waals surface area contributed by atoms with Crippen LogP contribution < -0.4 is 0 Å². The van der Waals surface area contributed by atoms with Gasteiger partial charge in [0.1, 0.15) is 0 Å². The molecule has 1 heterocycles. The molecule has 0 radical (unpaired) electrons. The maximum absolute atomic E-state index is 4.54. The van der Waals surface area contributed by atoms with E-state index in [9.17, 15) is 0 Å². The average Bonchev–Trinajstić information content (AvgIpc) is 2.52. The lowest BCUT2D eigenvalue weighted by Crippen LogP contribution is -1.82. The zero-order valence-corrected chi connectivity index (χ0v) is 9.48. The van der Waals surface area contributed by atoms with Crippen LogP contribution >= 0.6 is 11.3 Å². The molecule has 0 saturated carbocycles. The number of fused-ring (bicyclic) bond motifs is 1. The molecule has 0 fully saturated rings. The van der Waals surface area contributed by atoms with E-state index in [0.29, 0.717) is 0 Å². The Balaban J connectivity index is 2.73. The van der Waals surface area contributed by atoms with Crippen LogP contribution in [-0.2, 0) is 0 Å². The number of hydrogen-bond acceptors (Lipinski definition) is 2. The van der Waals surface area contributed by atoms with Gasteiger partial charge in [-0.2, -0.15) is 0 Å².